The van der Waals surface area contributed by atoms with E-state index in [-0.39, 0.29) is 17.5 Å². The average molecular weight is 708 g/mol. The average Bonchev–Trinajstić information content (AvgIpc) is 3.73. The van der Waals surface area contributed by atoms with E-state index in [0.29, 0.717) is 42.5 Å². The molecule has 1 N–H and O–H groups in total. The van der Waals surface area contributed by atoms with Gasteiger partial charge in [-0.05, 0) is 86.9 Å². The highest BCUT2D eigenvalue weighted by Crippen LogP contribution is 2.32. The summed E-state index contributed by atoms with van der Waals surface area (Å²) in [7, 11) is 6.16. The molecular formula is C37H41F4N7OS. The zero-order chi connectivity index (χ0) is 35.4. The van der Waals surface area contributed by atoms with Crippen molar-refractivity contribution in [1.29, 1.82) is 0 Å². The molecule has 0 spiro atoms. The molecule has 0 saturated carbocycles. The lowest BCUT2D eigenvalue weighted by atomic mass is 10.0. The first-order valence-corrected chi connectivity index (χ1v) is 17.6. The number of amidine groups is 1. The van der Waals surface area contributed by atoms with Crippen molar-refractivity contribution >= 4 is 17.6 Å². The standard InChI is InChI=1S/C37H41F4N7OS/c1-45(2)19-20-46(3)22-33-43-44-34(48(33)21-25-7-11-27(12-8-25)28-13-15-29(16-14-28)37(39,40)41)23-47-32-6-4-5-31(32)35(49)42-36(47)50-24-26-9-17-30(38)18-10-26/h7-18,34,44H,4-6,19-24H2,1-3H3. The van der Waals surface area contributed by atoms with E-state index >= 15 is 0 Å². The molecule has 0 fully saturated rings. The molecule has 1 aromatic heterocycles. The maximum atomic E-state index is 13.5. The zero-order valence-corrected chi connectivity index (χ0v) is 29.2. The van der Waals surface area contributed by atoms with Gasteiger partial charge in [0.15, 0.2) is 5.16 Å². The van der Waals surface area contributed by atoms with Crippen molar-refractivity contribution in [2.75, 3.05) is 40.8 Å². The van der Waals surface area contributed by atoms with E-state index in [2.05, 4.69) is 36.7 Å². The SMILES string of the molecule is CN(C)CCN(C)CC1=NNC(Cn2c(SCc3ccc(F)cc3)nc(=O)c3c2CCC3)N1Cc1ccc(-c2ccc(C(F)(F)F)cc2)cc1. The molecule has 1 unspecified atom stereocenters. The second-order valence-electron chi connectivity index (χ2n) is 13.1. The van der Waals surface area contributed by atoms with Crippen LogP contribution in [0.2, 0.25) is 0 Å². The number of likely N-dealkylation sites (N-methyl/N-ethyl adjacent to an activating group) is 2. The van der Waals surface area contributed by atoms with Gasteiger partial charge in [0.05, 0.1) is 18.7 Å². The fraction of sp³-hybridized carbons (Fsp3) is 0.378. The summed E-state index contributed by atoms with van der Waals surface area (Å²) in [6.07, 6.45) is -2.23. The number of thioether (sulfide) groups is 1. The fourth-order valence-electron chi connectivity index (χ4n) is 6.26. The van der Waals surface area contributed by atoms with Gasteiger partial charge in [-0.3, -0.25) is 15.1 Å². The molecule has 4 aromatic rings. The lowest BCUT2D eigenvalue weighted by Gasteiger charge is -2.31. The minimum atomic E-state index is -4.38. The van der Waals surface area contributed by atoms with Gasteiger partial charge in [0.2, 0.25) is 0 Å². The van der Waals surface area contributed by atoms with Crippen molar-refractivity contribution in [1.82, 2.24) is 29.7 Å². The molecule has 6 rings (SSSR count). The molecule has 50 heavy (non-hydrogen) atoms. The Balaban J connectivity index is 1.25. The zero-order valence-electron chi connectivity index (χ0n) is 28.4. The van der Waals surface area contributed by atoms with E-state index in [1.807, 2.05) is 38.4 Å². The second-order valence-corrected chi connectivity index (χ2v) is 14.1. The Bertz CT molecular complexity index is 1860. The van der Waals surface area contributed by atoms with Crippen LogP contribution in [0.5, 0.6) is 0 Å². The number of aromatic nitrogens is 2. The molecule has 1 atom stereocenters. The van der Waals surface area contributed by atoms with E-state index < -0.39 is 11.7 Å². The molecule has 0 radical (unpaired) electrons. The summed E-state index contributed by atoms with van der Waals surface area (Å²) in [5.74, 6) is 1.13. The van der Waals surface area contributed by atoms with E-state index in [1.54, 1.807) is 12.1 Å². The van der Waals surface area contributed by atoms with Crippen LogP contribution in [0.15, 0.2) is 87.8 Å². The molecule has 0 amide bonds. The van der Waals surface area contributed by atoms with Gasteiger partial charge in [0.1, 0.15) is 17.8 Å². The minimum absolute atomic E-state index is 0.181. The Morgan fingerprint density at radius 3 is 2.22 bits per heavy atom. The van der Waals surface area contributed by atoms with Gasteiger partial charge in [-0.1, -0.05) is 60.3 Å². The number of fused-ring (bicyclic) bond motifs is 1. The Kier molecular flexibility index (Phi) is 10.9. The quantitative estimate of drug-likeness (QED) is 0.103. The number of hydrogen-bond acceptors (Lipinski definition) is 8. The summed E-state index contributed by atoms with van der Waals surface area (Å²) >= 11 is 1.47. The number of halogens is 4. The first-order valence-electron chi connectivity index (χ1n) is 16.6. The van der Waals surface area contributed by atoms with Gasteiger partial charge in [0, 0.05) is 36.6 Å². The minimum Gasteiger partial charge on any atom is -0.330 e. The summed E-state index contributed by atoms with van der Waals surface area (Å²) in [5.41, 5.74) is 7.78. The van der Waals surface area contributed by atoms with Crippen molar-refractivity contribution < 1.29 is 17.6 Å². The van der Waals surface area contributed by atoms with Gasteiger partial charge in [0.25, 0.3) is 5.56 Å². The van der Waals surface area contributed by atoms with Crippen molar-refractivity contribution in [3.8, 4) is 11.1 Å². The van der Waals surface area contributed by atoms with Gasteiger partial charge in [-0.25, -0.2) is 4.39 Å². The predicted molar refractivity (Wildman–Crippen MR) is 189 cm³/mol. The van der Waals surface area contributed by atoms with E-state index in [0.717, 1.165) is 71.8 Å². The molecular weight excluding hydrogens is 667 g/mol. The Morgan fingerprint density at radius 2 is 1.56 bits per heavy atom. The van der Waals surface area contributed by atoms with Crippen LogP contribution in [0.25, 0.3) is 11.1 Å². The smallest absolute Gasteiger partial charge is 0.330 e. The number of hydrogen-bond donors (Lipinski definition) is 1. The highest BCUT2D eigenvalue weighted by atomic mass is 32.2. The summed E-state index contributed by atoms with van der Waals surface area (Å²) in [6.45, 7) is 3.41. The maximum Gasteiger partial charge on any atom is 0.416 e. The molecule has 1 aliphatic carbocycles. The number of nitrogens with one attached hydrogen (secondary N) is 1. The normalized spacial score (nSPS) is 15.9. The molecule has 13 heteroatoms. The summed E-state index contributed by atoms with van der Waals surface area (Å²) in [6, 6.07) is 19.4. The first-order chi connectivity index (χ1) is 23.9. The van der Waals surface area contributed by atoms with Crippen LogP contribution in [0.1, 0.15) is 34.4 Å². The summed E-state index contributed by atoms with van der Waals surface area (Å²) in [5, 5.41) is 5.43. The molecule has 0 saturated heterocycles. The van der Waals surface area contributed by atoms with E-state index in [1.165, 1.54) is 36.0 Å². The maximum absolute atomic E-state index is 13.5. The Morgan fingerprint density at radius 1 is 0.900 bits per heavy atom. The van der Waals surface area contributed by atoms with Gasteiger partial charge in [-0.15, -0.1) is 0 Å². The Labute approximate surface area is 293 Å². The fourth-order valence-corrected chi connectivity index (χ4v) is 7.23. The van der Waals surface area contributed by atoms with Gasteiger partial charge >= 0.3 is 6.18 Å². The third-order valence-electron chi connectivity index (χ3n) is 9.08. The van der Waals surface area contributed by atoms with E-state index in [4.69, 9.17) is 5.10 Å². The number of rotatable bonds is 13. The third kappa shape index (κ3) is 8.56. The number of nitrogens with zero attached hydrogens (tertiary/aromatic N) is 6. The van der Waals surface area contributed by atoms with Crippen molar-refractivity contribution in [3.63, 3.8) is 0 Å². The van der Waals surface area contributed by atoms with Gasteiger partial charge < -0.3 is 14.4 Å². The molecule has 3 aromatic carbocycles. The van der Waals surface area contributed by atoms with Crippen LogP contribution in [0.4, 0.5) is 17.6 Å². The molecule has 8 nitrogen and oxygen atoms in total. The molecule has 264 valence electrons. The number of hydrazone groups is 1. The van der Waals surface area contributed by atoms with Crippen molar-refractivity contribution in [2.24, 2.45) is 5.10 Å². The highest BCUT2D eigenvalue weighted by molar-refractivity contribution is 7.98. The monoisotopic (exact) mass is 707 g/mol. The third-order valence-corrected chi connectivity index (χ3v) is 10.1. The lowest BCUT2D eigenvalue weighted by molar-refractivity contribution is -0.137. The van der Waals surface area contributed by atoms with Crippen LogP contribution in [-0.2, 0) is 37.9 Å². The van der Waals surface area contributed by atoms with E-state index in [9.17, 15) is 22.4 Å². The largest absolute Gasteiger partial charge is 0.416 e. The molecule has 2 aliphatic rings. The summed E-state index contributed by atoms with van der Waals surface area (Å²) in [4.78, 5) is 24.2. The summed E-state index contributed by atoms with van der Waals surface area (Å²) < 4.78 is 55.0. The number of benzene rings is 3. The van der Waals surface area contributed by atoms with Crippen LogP contribution >= 0.6 is 11.8 Å². The van der Waals surface area contributed by atoms with Crippen LogP contribution in [0.3, 0.4) is 0 Å². The van der Waals surface area contributed by atoms with Gasteiger partial charge in [-0.2, -0.15) is 23.3 Å². The second kappa shape index (κ2) is 15.4. The first kappa shape index (κ1) is 35.6. The van der Waals surface area contributed by atoms with Crippen LogP contribution in [0, 0.1) is 5.82 Å². The molecule has 0 bridgehead atoms. The molecule has 1 aliphatic heterocycles. The molecule has 2 heterocycles. The topological polar surface area (TPSA) is 69.0 Å². The Hall–Kier alpha value is -4.20. The van der Waals surface area contributed by atoms with Crippen molar-refractivity contribution in [2.45, 2.75) is 55.6 Å². The highest BCUT2D eigenvalue weighted by Gasteiger charge is 2.32. The predicted octanol–water partition coefficient (Wildman–Crippen LogP) is 6.09. The van der Waals surface area contributed by atoms with Crippen molar-refractivity contribution in [3.05, 3.63) is 117 Å². The van der Waals surface area contributed by atoms with Crippen LogP contribution in [-0.4, -0.2) is 77.0 Å². The van der Waals surface area contributed by atoms with Crippen LogP contribution < -0.4 is 11.0 Å². The number of alkyl halides is 3. The lowest BCUT2D eigenvalue weighted by Crippen LogP contribution is -2.46.